The number of hydrogen-bond acceptors (Lipinski definition) is 6. The Morgan fingerprint density at radius 1 is 1.10 bits per heavy atom. The van der Waals surface area contributed by atoms with Crippen molar-refractivity contribution in [1.29, 1.82) is 0 Å². The second kappa shape index (κ2) is 9.86. The van der Waals surface area contributed by atoms with Crippen LogP contribution in [0.5, 0.6) is 0 Å². The van der Waals surface area contributed by atoms with E-state index in [1.807, 2.05) is 40.7 Å². The molecule has 4 rings (SSSR count). The number of guanidine groups is 1. The zero-order valence-corrected chi connectivity index (χ0v) is 17.5. The molecule has 2 aliphatic rings. The van der Waals surface area contributed by atoms with Gasteiger partial charge in [-0.3, -0.25) is 19.1 Å². The van der Waals surface area contributed by atoms with Crippen LogP contribution >= 0.6 is 0 Å². The van der Waals surface area contributed by atoms with Crippen LogP contribution < -0.4 is 5.32 Å². The number of pyridine rings is 1. The second-order valence-electron chi connectivity index (χ2n) is 7.53. The lowest BCUT2D eigenvalue weighted by Gasteiger charge is -2.37. The number of morpholine rings is 1. The molecule has 4 heterocycles. The Morgan fingerprint density at radius 3 is 2.67 bits per heavy atom. The predicted molar refractivity (Wildman–Crippen MR) is 113 cm³/mol. The second-order valence-corrected chi connectivity index (χ2v) is 7.53. The van der Waals surface area contributed by atoms with Crippen LogP contribution in [0.3, 0.4) is 0 Å². The normalized spacial score (nSPS) is 18.8. The van der Waals surface area contributed by atoms with Crippen molar-refractivity contribution in [3.63, 3.8) is 0 Å². The quantitative estimate of drug-likeness (QED) is 0.512. The van der Waals surface area contributed by atoms with E-state index in [4.69, 9.17) is 4.74 Å². The molecule has 162 valence electrons. The van der Waals surface area contributed by atoms with Crippen molar-refractivity contribution < 1.29 is 9.53 Å². The molecule has 10 nitrogen and oxygen atoms in total. The number of nitrogens with zero attached hydrogens (tertiary/aromatic N) is 7. The summed E-state index contributed by atoms with van der Waals surface area (Å²) in [5.74, 6) is 2.03. The lowest BCUT2D eigenvalue weighted by atomic mass is 10.3. The van der Waals surface area contributed by atoms with Gasteiger partial charge in [-0.25, -0.2) is 0 Å². The monoisotopic (exact) mass is 414 g/mol. The highest BCUT2D eigenvalue weighted by atomic mass is 16.5. The van der Waals surface area contributed by atoms with E-state index in [2.05, 4.69) is 30.3 Å². The van der Waals surface area contributed by atoms with Crippen LogP contribution in [-0.2, 0) is 16.0 Å². The molecule has 1 N–H and O–H groups in total. The fourth-order valence-corrected chi connectivity index (χ4v) is 3.90. The minimum atomic E-state index is 0.204. The first kappa shape index (κ1) is 20.5. The minimum Gasteiger partial charge on any atom is -0.378 e. The molecule has 30 heavy (non-hydrogen) atoms. The number of amides is 1. The molecule has 0 aliphatic carbocycles. The first-order valence-electron chi connectivity index (χ1n) is 10.6. The van der Waals surface area contributed by atoms with E-state index < -0.39 is 0 Å². The van der Waals surface area contributed by atoms with Gasteiger partial charge in [0.2, 0.25) is 5.91 Å². The molecule has 0 bridgehead atoms. The Labute approximate surface area is 176 Å². The molecule has 2 saturated heterocycles. The summed E-state index contributed by atoms with van der Waals surface area (Å²) in [4.78, 5) is 23.3. The Morgan fingerprint density at radius 2 is 1.90 bits per heavy atom. The van der Waals surface area contributed by atoms with Crippen molar-refractivity contribution in [2.24, 2.45) is 4.99 Å². The molecule has 0 saturated carbocycles. The third-order valence-electron chi connectivity index (χ3n) is 5.62. The molecule has 2 aromatic heterocycles. The van der Waals surface area contributed by atoms with Crippen LogP contribution in [0.2, 0.25) is 0 Å². The lowest BCUT2D eigenvalue weighted by molar-refractivity contribution is -0.136. The highest BCUT2D eigenvalue weighted by Gasteiger charge is 2.24. The molecule has 1 amide bonds. The van der Waals surface area contributed by atoms with Gasteiger partial charge in [0.1, 0.15) is 5.82 Å². The molecule has 2 fully saturated rings. The summed E-state index contributed by atoms with van der Waals surface area (Å²) in [5, 5.41) is 11.9. The maximum Gasteiger partial charge on any atom is 0.236 e. The zero-order chi connectivity index (χ0) is 20.8. The SMILES string of the molecule is CN=C(NCCc1nnc2ccccn12)N1CCN(CC(=O)N2CCOCC2)CC1. The minimum absolute atomic E-state index is 0.204. The number of nitrogens with one attached hydrogen (secondary N) is 1. The smallest absolute Gasteiger partial charge is 0.236 e. The fourth-order valence-electron chi connectivity index (χ4n) is 3.90. The third-order valence-corrected chi connectivity index (χ3v) is 5.62. The molecule has 2 aliphatic heterocycles. The van der Waals surface area contributed by atoms with Gasteiger partial charge in [0.25, 0.3) is 0 Å². The lowest BCUT2D eigenvalue weighted by Crippen LogP contribution is -2.55. The van der Waals surface area contributed by atoms with Crippen molar-refractivity contribution in [1.82, 2.24) is 34.6 Å². The summed E-state index contributed by atoms with van der Waals surface area (Å²) in [5.41, 5.74) is 0.861. The summed E-state index contributed by atoms with van der Waals surface area (Å²) < 4.78 is 7.34. The molecular formula is C20H30N8O2. The van der Waals surface area contributed by atoms with E-state index >= 15 is 0 Å². The van der Waals surface area contributed by atoms with Gasteiger partial charge in [0.05, 0.1) is 19.8 Å². The van der Waals surface area contributed by atoms with E-state index in [9.17, 15) is 4.79 Å². The van der Waals surface area contributed by atoms with Gasteiger partial charge in [-0.15, -0.1) is 10.2 Å². The zero-order valence-electron chi connectivity index (χ0n) is 17.5. The Balaban J connectivity index is 1.21. The van der Waals surface area contributed by atoms with Crippen LogP contribution in [0.25, 0.3) is 5.65 Å². The van der Waals surface area contributed by atoms with E-state index in [1.165, 1.54) is 0 Å². The number of aromatic nitrogens is 3. The number of hydrogen-bond donors (Lipinski definition) is 1. The van der Waals surface area contributed by atoms with Crippen LogP contribution in [-0.4, -0.2) is 114 Å². The molecule has 0 radical (unpaired) electrons. The third kappa shape index (κ3) is 4.88. The van der Waals surface area contributed by atoms with Gasteiger partial charge in [-0.1, -0.05) is 6.07 Å². The summed E-state index contributed by atoms with van der Waals surface area (Å²) in [6.45, 7) is 7.33. The summed E-state index contributed by atoms with van der Waals surface area (Å²) in [7, 11) is 1.81. The largest absolute Gasteiger partial charge is 0.378 e. The van der Waals surface area contributed by atoms with E-state index in [1.54, 1.807) is 0 Å². The maximum atomic E-state index is 12.5. The standard InChI is InChI=1S/C20H30N8O2/c1-21-20(22-6-5-18-24-23-17-4-2-3-7-28(17)18)27-10-8-25(9-11-27)16-19(29)26-12-14-30-15-13-26/h2-4,7H,5-6,8-16H2,1H3,(H,21,22). The van der Waals surface area contributed by atoms with Gasteiger partial charge in [0.15, 0.2) is 11.6 Å². The molecule has 2 aromatic rings. The van der Waals surface area contributed by atoms with Crippen molar-refractivity contribution >= 4 is 17.5 Å². The molecule has 0 spiro atoms. The Bertz CT molecular complexity index is 869. The van der Waals surface area contributed by atoms with Crippen LogP contribution in [0, 0.1) is 0 Å². The topological polar surface area (TPSA) is 90.6 Å². The Kier molecular flexibility index (Phi) is 6.75. The van der Waals surface area contributed by atoms with Gasteiger partial charge in [-0.05, 0) is 12.1 Å². The molecule has 0 atom stereocenters. The molecule has 0 unspecified atom stereocenters. The van der Waals surface area contributed by atoms with Gasteiger partial charge < -0.3 is 19.9 Å². The van der Waals surface area contributed by atoms with Gasteiger partial charge in [-0.2, -0.15) is 0 Å². The predicted octanol–water partition coefficient (Wildman–Crippen LogP) is -0.676. The Hall–Kier alpha value is -2.72. The number of carbonyl (C=O) groups excluding carboxylic acids is 1. The van der Waals surface area contributed by atoms with Gasteiger partial charge in [0, 0.05) is 65.5 Å². The van der Waals surface area contributed by atoms with Crippen molar-refractivity contribution in [2.45, 2.75) is 6.42 Å². The maximum absolute atomic E-state index is 12.5. The molecule has 10 heteroatoms. The summed E-state index contributed by atoms with van der Waals surface area (Å²) in [6.07, 6.45) is 2.75. The van der Waals surface area contributed by atoms with Crippen LogP contribution in [0.1, 0.15) is 5.82 Å². The number of ether oxygens (including phenoxy) is 1. The average Bonchev–Trinajstić information content (AvgIpc) is 3.21. The van der Waals surface area contributed by atoms with E-state index in [0.29, 0.717) is 32.8 Å². The highest BCUT2D eigenvalue weighted by Crippen LogP contribution is 2.06. The van der Waals surface area contributed by atoms with Crippen molar-refractivity contribution in [3.8, 4) is 0 Å². The average molecular weight is 415 g/mol. The fraction of sp³-hybridized carbons (Fsp3) is 0.600. The number of aliphatic imine (C=N–C) groups is 1. The first-order chi connectivity index (χ1) is 14.7. The highest BCUT2D eigenvalue weighted by molar-refractivity contribution is 5.80. The number of carbonyl (C=O) groups is 1. The molecular weight excluding hydrogens is 384 g/mol. The van der Waals surface area contributed by atoms with E-state index in [0.717, 1.165) is 56.6 Å². The number of rotatable bonds is 5. The first-order valence-corrected chi connectivity index (χ1v) is 10.6. The van der Waals surface area contributed by atoms with Crippen LogP contribution in [0.15, 0.2) is 29.4 Å². The molecule has 0 aromatic carbocycles. The van der Waals surface area contributed by atoms with Gasteiger partial charge >= 0.3 is 0 Å². The number of fused-ring (bicyclic) bond motifs is 1. The van der Waals surface area contributed by atoms with Crippen molar-refractivity contribution in [3.05, 3.63) is 30.2 Å². The summed E-state index contributed by atoms with van der Waals surface area (Å²) in [6, 6.07) is 5.89. The summed E-state index contributed by atoms with van der Waals surface area (Å²) >= 11 is 0. The van der Waals surface area contributed by atoms with Crippen molar-refractivity contribution in [2.75, 3.05) is 72.6 Å². The van der Waals surface area contributed by atoms with Crippen LogP contribution in [0.4, 0.5) is 0 Å². The number of piperazine rings is 1. The van der Waals surface area contributed by atoms with E-state index in [-0.39, 0.29) is 5.91 Å².